The minimum absolute atomic E-state index is 0.106. The SMILES string of the molecule is Cc1cc(NC(=O)NCC2CCN(C3CCCC3)C2)ccc1Br. The lowest BCUT2D eigenvalue weighted by Crippen LogP contribution is -2.35. The molecule has 0 aromatic heterocycles. The summed E-state index contributed by atoms with van der Waals surface area (Å²) in [7, 11) is 0. The van der Waals surface area contributed by atoms with Crippen LogP contribution < -0.4 is 10.6 Å². The quantitative estimate of drug-likeness (QED) is 0.825. The zero-order valence-corrected chi connectivity index (χ0v) is 15.4. The predicted molar refractivity (Wildman–Crippen MR) is 97.8 cm³/mol. The molecule has 1 aromatic carbocycles. The van der Waals surface area contributed by atoms with E-state index in [4.69, 9.17) is 0 Å². The number of carbonyl (C=O) groups is 1. The Morgan fingerprint density at radius 3 is 2.83 bits per heavy atom. The molecule has 0 spiro atoms. The van der Waals surface area contributed by atoms with Crippen molar-refractivity contribution in [2.24, 2.45) is 5.92 Å². The number of hydrogen-bond acceptors (Lipinski definition) is 2. The first kappa shape index (κ1) is 16.8. The molecule has 3 rings (SSSR count). The van der Waals surface area contributed by atoms with Crippen LogP contribution in [-0.4, -0.2) is 36.6 Å². The van der Waals surface area contributed by atoms with E-state index in [0.29, 0.717) is 5.92 Å². The van der Waals surface area contributed by atoms with Crippen molar-refractivity contribution in [1.29, 1.82) is 0 Å². The average Bonchev–Trinajstić information content (AvgIpc) is 3.19. The number of likely N-dealkylation sites (tertiary alicyclic amines) is 1. The van der Waals surface area contributed by atoms with Crippen LogP contribution in [0.15, 0.2) is 22.7 Å². The monoisotopic (exact) mass is 379 g/mol. The van der Waals surface area contributed by atoms with Gasteiger partial charge >= 0.3 is 6.03 Å². The number of anilines is 1. The standard InChI is InChI=1S/C18H26BrN3O/c1-13-10-15(6-7-17(13)19)21-18(23)20-11-14-8-9-22(12-14)16-4-2-3-5-16/h6-7,10,14,16H,2-5,8-9,11-12H2,1H3,(H2,20,21,23). The van der Waals surface area contributed by atoms with Gasteiger partial charge in [-0.25, -0.2) is 4.79 Å². The van der Waals surface area contributed by atoms with Crippen molar-refractivity contribution < 1.29 is 4.79 Å². The fourth-order valence-electron chi connectivity index (χ4n) is 3.77. The third kappa shape index (κ3) is 4.48. The first-order valence-corrected chi connectivity index (χ1v) is 9.46. The molecule has 126 valence electrons. The van der Waals surface area contributed by atoms with Crippen molar-refractivity contribution in [3.05, 3.63) is 28.2 Å². The maximum atomic E-state index is 12.1. The fraction of sp³-hybridized carbons (Fsp3) is 0.611. The third-order valence-corrected chi connectivity index (χ3v) is 6.02. The van der Waals surface area contributed by atoms with Gasteiger partial charge < -0.3 is 15.5 Å². The fourth-order valence-corrected chi connectivity index (χ4v) is 4.01. The summed E-state index contributed by atoms with van der Waals surface area (Å²) in [6.07, 6.45) is 6.71. The van der Waals surface area contributed by atoms with Gasteiger partial charge in [-0.3, -0.25) is 0 Å². The number of benzene rings is 1. The third-order valence-electron chi connectivity index (χ3n) is 5.13. The molecule has 1 unspecified atom stereocenters. The summed E-state index contributed by atoms with van der Waals surface area (Å²) < 4.78 is 1.06. The molecule has 1 saturated heterocycles. The number of aryl methyl sites for hydroxylation is 1. The van der Waals surface area contributed by atoms with E-state index >= 15 is 0 Å². The Bertz CT molecular complexity index is 557. The number of nitrogens with zero attached hydrogens (tertiary/aromatic N) is 1. The van der Waals surface area contributed by atoms with Crippen LogP contribution in [0.5, 0.6) is 0 Å². The van der Waals surface area contributed by atoms with E-state index in [-0.39, 0.29) is 6.03 Å². The summed E-state index contributed by atoms with van der Waals surface area (Å²) in [4.78, 5) is 14.7. The highest BCUT2D eigenvalue weighted by molar-refractivity contribution is 9.10. The molecule has 1 aliphatic carbocycles. The Labute approximate surface area is 147 Å². The molecular formula is C18H26BrN3O. The van der Waals surface area contributed by atoms with E-state index < -0.39 is 0 Å². The molecular weight excluding hydrogens is 354 g/mol. The van der Waals surface area contributed by atoms with E-state index in [0.717, 1.165) is 34.9 Å². The van der Waals surface area contributed by atoms with E-state index in [2.05, 4.69) is 31.5 Å². The van der Waals surface area contributed by atoms with Crippen molar-refractivity contribution in [3.8, 4) is 0 Å². The summed E-state index contributed by atoms with van der Waals surface area (Å²) >= 11 is 3.47. The van der Waals surface area contributed by atoms with Crippen molar-refractivity contribution in [2.45, 2.75) is 45.1 Å². The number of amides is 2. The molecule has 2 aliphatic rings. The molecule has 2 N–H and O–H groups in total. The first-order chi connectivity index (χ1) is 11.1. The summed E-state index contributed by atoms with van der Waals surface area (Å²) in [6.45, 7) is 5.13. The molecule has 2 amide bonds. The second-order valence-corrected chi connectivity index (χ2v) is 7.74. The Morgan fingerprint density at radius 1 is 1.30 bits per heavy atom. The second-order valence-electron chi connectivity index (χ2n) is 6.89. The zero-order chi connectivity index (χ0) is 16.2. The molecule has 23 heavy (non-hydrogen) atoms. The molecule has 1 atom stereocenters. The minimum atomic E-state index is -0.106. The van der Waals surface area contributed by atoms with Crippen LogP contribution in [0.4, 0.5) is 10.5 Å². The highest BCUT2D eigenvalue weighted by atomic mass is 79.9. The molecule has 0 radical (unpaired) electrons. The summed E-state index contributed by atoms with van der Waals surface area (Å²) in [5.74, 6) is 0.591. The number of halogens is 1. The molecule has 5 heteroatoms. The van der Waals surface area contributed by atoms with Crippen LogP contribution in [0.2, 0.25) is 0 Å². The smallest absolute Gasteiger partial charge is 0.319 e. The number of nitrogens with one attached hydrogen (secondary N) is 2. The summed E-state index contributed by atoms with van der Waals surface area (Å²) in [6, 6.07) is 6.54. The van der Waals surface area contributed by atoms with Crippen molar-refractivity contribution in [1.82, 2.24) is 10.2 Å². The lowest BCUT2D eigenvalue weighted by Gasteiger charge is -2.23. The lowest BCUT2D eigenvalue weighted by molar-refractivity contribution is 0.234. The van der Waals surface area contributed by atoms with E-state index in [1.807, 2.05) is 25.1 Å². The molecule has 1 heterocycles. The van der Waals surface area contributed by atoms with Crippen molar-refractivity contribution in [3.63, 3.8) is 0 Å². The lowest BCUT2D eigenvalue weighted by atomic mass is 10.1. The average molecular weight is 380 g/mol. The Balaban J connectivity index is 1.41. The van der Waals surface area contributed by atoms with Crippen LogP contribution in [-0.2, 0) is 0 Å². The molecule has 0 bridgehead atoms. The molecule has 1 aliphatic heterocycles. The first-order valence-electron chi connectivity index (χ1n) is 8.67. The van der Waals surface area contributed by atoms with Crippen molar-refractivity contribution >= 4 is 27.6 Å². The number of rotatable bonds is 4. The second kappa shape index (κ2) is 7.67. The predicted octanol–water partition coefficient (Wildman–Crippen LogP) is 4.14. The van der Waals surface area contributed by atoms with E-state index in [1.165, 1.54) is 38.6 Å². The maximum Gasteiger partial charge on any atom is 0.319 e. The van der Waals surface area contributed by atoms with Gasteiger partial charge in [-0.15, -0.1) is 0 Å². The highest BCUT2D eigenvalue weighted by Gasteiger charge is 2.29. The highest BCUT2D eigenvalue weighted by Crippen LogP contribution is 2.28. The van der Waals surface area contributed by atoms with Gasteiger partial charge in [0.05, 0.1) is 0 Å². The topological polar surface area (TPSA) is 44.4 Å². The Kier molecular flexibility index (Phi) is 5.59. The largest absolute Gasteiger partial charge is 0.338 e. The molecule has 1 aromatic rings. The summed E-state index contributed by atoms with van der Waals surface area (Å²) in [5, 5.41) is 5.95. The van der Waals surface area contributed by atoms with Gasteiger partial charge in [0.25, 0.3) is 0 Å². The number of urea groups is 1. The minimum Gasteiger partial charge on any atom is -0.338 e. The van der Waals surface area contributed by atoms with E-state index in [1.54, 1.807) is 0 Å². The van der Waals surface area contributed by atoms with Crippen LogP contribution in [0.3, 0.4) is 0 Å². The van der Waals surface area contributed by atoms with Crippen LogP contribution in [0, 0.1) is 12.8 Å². The van der Waals surface area contributed by atoms with Gasteiger partial charge in [0, 0.05) is 29.3 Å². The van der Waals surface area contributed by atoms with Crippen molar-refractivity contribution in [2.75, 3.05) is 25.0 Å². The zero-order valence-electron chi connectivity index (χ0n) is 13.8. The van der Waals surface area contributed by atoms with Gasteiger partial charge in [0.1, 0.15) is 0 Å². The van der Waals surface area contributed by atoms with Crippen LogP contribution in [0.1, 0.15) is 37.7 Å². The molecule has 2 fully saturated rings. The molecule has 4 nitrogen and oxygen atoms in total. The normalized spacial score (nSPS) is 22.4. The number of carbonyl (C=O) groups excluding carboxylic acids is 1. The molecule has 1 saturated carbocycles. The number of hydrogen-bond donors (Lipinski definition) is 2. The van der Waals surface area contributed by atoms with E-state index in [9.17, 15) is 4.79 Å². The van der Waals surface area contributed by atoms with Crippen LogP contribution >= 0.6 is 15.9 Å². The summed E-state index contributed by atoms with van der Waals surface area (Å²) in [5.41, 5.74) is 1.95. The van der Waals surface area contributed by atoms with Gasteiger partial charge in [0.15, 0.2) is 0 Å². The Morgan fingerprint density at radius 2 is 2.09 bits per heavy atom. The Hall–Kier alpha value is -1.07. The van der Waals surface area contributed by atoms with Crippen LogP contribution in [0.25, 0.3) is 0 Å². The van der Waals surface area contributed by atoms with Gasteiger partial charge in [-0.1, -0.05) is 28.8 Å². The maximum absolute atomic E-state index is 12.1. The van der Waals surface area contributed by atoms with Gasteiger partial charge in [-0.2, -0.15) is 0 Å². The van der Waals surface area contributed by atoms with Gasteiger partial charge in [0.2, 0.25) is 0 Å². The van der Waals surface area contributed by atoms with Gasteiger partial charge in [-0.05, 0) is 62.4 Å².